The first kappa shape index (κ1) is 17.1. The minimum atomic E-state index is -3.45. The van der Waals surface area contributed by atoms with Crippen molar-refractivity contribution in [2.75, 3.05) is 11.6 Å². The van der Waals surface area contributed by atoms with Crippen LogP contribution < -0.4 is 5.32 Å². The molecule has 2 heterocycles. The summed E-state index contributed by atoms with van der Waals surface area (Å²) in [5.41, 5.74) is 1.01. The van der Waals surface area contributed by atoms with Crippen LogP contribution in [0, 0.1) is 6.92 Å². The molecule has 2 aromatic heterocycles. The molecule has 1 atom stereocenters. The van der Waals surface area contributed by atoms with Gasteiger partial charge in [-0.05, 0) is 18.6 Å². The maximum Gasteiger partial charge on any atom is 0.180 e. The van der Waals surface area contributed by atoms with E-state index < -0.39 is 9.84 Å². The van der Waals surface area contributed by atoms with Gasteiger partial charge in [0.1, 0.15) is 16.5 Å². The van der Waals surface area contributed by atoms with E-state index in [1.165, 1.54) is 6.20 Å². The molecule has 8 heteroatoms. The monoisotopic (exact) mass is 357 g/mol. The fraction of sp³-hybridized carbons (Fsp3) is 0.235. The van der Waals surface area contributed by atoms with Gasteiger partial charge in [-0.15, -0.1) is 0 Å². The van der Waals surface area contributed by atoms with Crippen molar-refractivity contribution in [2.24, 2.45) is 0 Å². The minimum Gasteiger partial charge on any atom is -0.360 e. The molecule has 7 nitrogen and oxygen atoms in total. The average Bonchev–Trinajstić information content (AvgIpc) is 3.07. The molecule has 0 saturated carbocycles. The van der Waals surface area contributed by atoms with Gasteiger partial charge >= 0.3 is 0 Å². The van der Waals surface area contributed by atoms with Crippen LogP contribution in [0.25, 0.3) is 0 Å². The van der Waals surface area contributed by atoms with Gasteiger partial charge in [0, 0.05) is 18.6 Å². The first-order valence-electron chi connectivity index (χ1n) is 7.76. The highest BCUT2D eigenvalue weighted by atomic mass is 32.2. The Balaban J connectivity index is 2.00. The Morgan fingerprint density at radius 1 is 1.20 bits per heavy atom. The Hall–Kier alpha value is -2.74. The van der Waals surface area contributed by atoms with Crippen LogP contribution in [0.15, 0.2) is 59.9 Å². The topological polar surface area (TPSA) is 89.8 Å². The molecule has 0 aliphatic rings. The molecule has 0 amide bonds. The van der Waals surface area contributed by atoms with E-state index in [1.54, 1.807) is 17.8 Å². The van der Waals surface area contributed by atoms with E-state index in [1.807, 2.05) is 42.6 Å². The second-order valence-corrected chi connectivity index (χ2v) is 7.72. The Morgan fingerprint density at radius 2 is 1.96 bits per heavy atom. The number of nitrogens with zero attached hydrogens (tertiary/aromatic N) is 4. The number of anilines is 1. The van der Waals surface area contributed by atoms with Crippen molar-refractivity contribution in [3.63, 3.8) is 0 Å². The van der Waals surface area contributed by atoms with Gasteiger partial charge in [-0.3, -0.25) is 4.68 Å². The predicted octanol–water partition coefficient (Wildman–Crippen LogP) is 2.24. The van der Waals surface area contributed by atoms with Crippen LogP contribution in [0.2, 0.25) is 0 Å². The number of sulfone groups is 1. The average molecular weight is 357 g/mol. The van der Waals surface area contributed by atoms with E-state index in [9.17, 15) is 8.42 Å². The van der Waals surface area contributed by atoms with E-state index in [2.05, 4.69) is 20.4 Å². The third kappa shape index (κ3) is 4.21. The number of rotatable bonds is 6. The summed E-state index contributed by atoms with van der Waals surface area (Å²) in [7, 11) is -3.45. The second kappa shape index (κ2) is 7.02. The summed E-state index contributed by atoms with van der Waals surface area (Å²) >= 11 is 0. The van der Waals surface area contributed by atoms with Crippen molar-refractivity contribution >= 4 is 15.7 Å². The van der Waals surface area contributed by atoms with Crippen molar-refractivity contribution in [1.29, 1.82) is 0 Å². The Labute approximate surface area is 146 Å². The van der Waals surface area contributed by atoms with Crippen LogP contribution in [-0.2, 0) is 16.4 Å². The number of aromatic nitrogens is 4. The third-order valence-corrected chi connectivity index (χ3v) is 4.81. The van der Waals surface area contributed by atoms with E-state index in [0.29, 0.717) is 18.2 Å². The third-order valence-electron chi connectivity index (χ3n) is 3.72. The zero-order valence-corrected chi connectivity index (χ0v) is 14.8. The molecule has 0 radical (unpaired) electrons. The summed E-state index contributed by atoms with van der Waals surface area (Å²) in [5, 5.41) is 7.50. The molecule has 1 N–H and O–H groups in total. The maximum absolute atomic E-state index is 12.1. The van der Waals surface area contributed by atoms with Gasteiger partial charge in [0.2, 0.25) is 0 Å². The molecular formula is C17H19N5O2S. The summed E-state index contributed by atoms with van der Waals surface area (Å²) < 4.78 is 25.9. The van der Waals surface area contributed by atoms with Gasteiger partial charge in [0.15, 0.2) is 9.84 Å². The SMILES string of the molecule is Cc1ncc(S(C)(=O)=O)c(N[C@H](Cn2cccn2)c2ccccc2)n1. The quantitative estimate of drug-likeness (QED) is 0.728. The molecule has 0 saturated heterocycles. The van der Waals surface area contributed by atoms with Crippen LogP contribution in [0.5, 0.6) is 0 Å². The van der Waals surface area contributed by atoms with E-state index in [0.717, 1.165) is 11.8 Å². The molecule has 3 aromatic rings. The number of aryl methyl sites for hydroxylation is 1. The first-order valence-corrected chi connectivity index (χ1v) is 9.65. The van der Waals surface area contributed by atoms with Gasteiger partial charge in [0.25, 0.3) is 0 Å². The van der Waals surface area contributed by atoms with Crippen molar-refractivity contribution < 1.29 is 8.42 Å². The Kier molecular flexibility index (Phi) is 4.80. The van der Waals surface area contributed by atoms with Gasteiger partial charge in [-0.25, -0.2) is 18.4 Å². The van der Waals surface area contributed by atoms with Crippen LogP contribution in [0.1, 0.15) is 17.4 Å². The van der Waals surface area contributed by atoms with Gasteiger partial charge < -0.3 is 5.32 Å². The molecule has 130 valence electrons. The van der Waals surface area contributed by atoms with Crippen molar-refractivity contribution in [3.8, 4) is 0 Å². The maximum atomic E-state index is 12.1. The van der Waals surface area contributed by atoms with Gasteiger partial charge in [0.05, 0.1) is 18.8 Å². The summed E-state index contributed by atoms with van der Waals surface area (Å²) in [4.78, 5) is 8.40. The van der Waals surface area contributed by atoms with Crippen LogP contribution in [-0.4, -0.2) is 34.4 Å². The smallest absolute Gasteiger partial charge is 0.180 e. The first-order chi connectivity index (χ1) is 11.9. The molecule has 1 aromatic carbocycles. The summed E-state index contributed by atoms with van der Waals surface area (Å²) in [6, 6.07) is 11.4. The van der Waals surface area contributed by atoms with E-state index in [4.69, 9.17) is 0 Å². The molecule has 0 spiro atoms. The van der Waals surface area contributed by atoms with Crippen LogP contribution in [0.4, 0.5) is 5.82 Å². The fourth-order valence-electron chi connectivity index (χ4n) is 2.51. The second-order valence-electron chi connectivity index (χ2n) is 5.74. The number of nitrogens with one attached hydrogen (secondary N) is 1. The zero-order chi connectivity index (χ0) is 17.9. The largest absolute Gasteiger partial charge is 0.360 e. The number of hydrogen-bond donors (Lipinski definition) is 1. The van der Waals surface area contributed by atoms with E-state index in [-0.39, 0.29) is 10.9 Å². The summed E-state index contributed by atoms with van der Waals surface area (Å²) in [5.74, 6) is 0.803. The molecular weight excluding hydrogens is 338 g/mol. The molecule has 0 fully saturated rings. The molecule has 0 bridgehead atoms. The zero-order valence-electron chi connectivity index (χ0n) is 14.0. The van der Waals surface area contributed by atoms with Crippen molar-refractivity contribution in [3.05, 3.63) is 66.4 Å². The van der Waals surface area contributed by atoms with E-state index >= 15 is 0 Å². The molecule has 0 unspecified atom stereocenters. The molecule has 0 aliphatic heterocycles. The Morgan fingerprint density at radius 3 is 2.60 bits per heavy atom. The Bertz CT molecular complexity index is 940. The standard InChI is InChI=1S/C17H19N5O2S/c1-13-18-11-16(25(2,23)24)17(20-13)21-15(12-22-10-6-9-19-22)14-7-4-3-5-8-14/h3-11,15H,12H2,1-2H3,(H,18,20,21)/t15-/m1/s1. The lowest BCUT2D eigenvalue weighted by Gasteiger charge is -2.21. The minimum absolute atomic E-state index is 0.0829. The van der Waals surface area contributed by atoms with Gasteiger partial charge in [-0.1, -0.05) is 30.3 Å². The van der Waals surface area contributed by atoms with Crippen molar-refractivity contribution in [1.82, 2.24) is 19.7 Å². The lowest BCUT2D eigenvalue weighted by molar-refractivity contribution is 0.548. The highest BCUT2D eigenvalue weighted by molar-refractivity contribution is 7.90. The highest BCUT2D eigenvalue weighted by Gasteiger charge is 2.20. The molecule has 25 heavy (non-hydrogen) atoms. The van der Waals surface area contributed by atoms with Crippen molar-refractivity contribution in [2.45, 2.75) is 24.4 Å². The van der Waals surface area contributed by atoms with Crippen LogP contribution in [0.3, 0.4) is 0 Å². The molecule has 0 aliphatic carbocycles. The normalized spacial score (nSPS) is 12.7. The summed E-state index contributed by atoms with van der Waals surface area (Å²) in [6.45, 7) is 2.26. The fourth-order valence-corrected chi connectivity index (χ4v) is 3.21. The number of hydrogen-bond acceptors (Lipinski definition) is 6. The number of benzene rings is 1. The van der Waals surface area contributed by atoms with Gasteiger partial charge in [-0.2, -0.15) is 5.10 Å². The summed E-state index contributed by atoms with van der Waals surface area (Å²) in [6.07, 6.45) is 6.06. The highest BCUT2D eigenvalue weighted by Crippen LogP contribution is 2.25. The van der Waals surface area contributed by atoms with Crippen LogP contribution >= 0.6 is 0 Å². The lowest BCUT2D eigenvalue weighted by atomic mass is 10.1. The lowest BCUT2D eigenvalue weighted by Crippen LogP contribution is -2.20. The molecule has 3 rings (SSSR count). The predicted molar refractivity (Wildman–Crippen MR) is 94.9 cm³/mol.